The predicted molar refractivity (Wildman–Crippen MR) is 30.5 cm³/mol. The molecule has 0 rings (SSSR count). The predicted octanol–water partition coefficient (Wildman–Crippen LogP) is 1.97. The Morgan fingerprint density at radius 3 is 1.83 bits per heavy atom. The van der Waals surface area contributed by atoms with Crippen LogP contribution in [0.2, 0.25) is 0 Å². The van der Waals surface area contributed by atoms with Crippen LogP contribution in [0.15, 0.2) is 12.7 Å². The first-order chi connectivity index (χ1) is 1.91. The first-order valence-electron chi connectivity index (χ1n) is 1.32. The van der Waals surface area contributed by atoms with E-state index in [9.17, 15) is 0 Å². The van der Waals surface area contributed by atoms with E-state index in [4.69, 9.17) is 0 Å². The van der Waals surface area contributed by atoms with E-state index in [-0.39, 0.29) is 36.5 Å². The van der Waals surface area contributed by atoms with Crippen LogP contribution in [0.25, 0.3) is 0 Å². The average molecular weight is 201 g/mol. The van der Waals surface area contributed by atoms with Gasteiger partial charge in [-0.2, -0.15) is 6.42 Å². The molecule has 0 saturated carbocycles. The van der Waals surface area contributed by atoms with E-state index in [1.807, 2.05) is 0 Å². The van der Waals surface area contributed by atoms with Crippen LogP contribution in [0.1, 0.15) is 6.42 Å². The monoisotopic (exact) mass is 199 g/mol. The van der Waals surface area contributed by atoms with Crippen LogP contribution in [0.4, 0.5) is 0 Å². The molecule has 0 aliphatic heterocycles. The second kappa shape index (κ2) is 17.0. The Hall–Kier alpha value is 0.843. The van der Waals surface area contributed by atoms with Crippen LogP contribution in [0.5, 0.6) is 0 Å². The molecule has 0 aromatic heterocycles. The summed E-state index contributed by atoms with van der Waals surface area (Å²) in [5, 5.41) is 0. The van der Waals surface area contributed by atoms with Crippen molar-refractivity contribution in [1.82, 2.24) is 0 Å². The fourth-order valence-corrected chi connectivity index (χ4v) is 0. The van der Waals surface area contributed by atoms with E-state index in [0.717, 1.165) is 6.42 Å². The molecular weight excluding hydrogens is 193 g/mol. The first-order valence-corrected chi connectivity index (χ1v) is 1.32. The van der Waals surface area contributed by atoms with Crippen LogP contribution in [0, 0.1) is 6.92 Å². The summed E-state index contributed by atoms with van der Waals surface area (Å²) < 4.78 is 0. The van der Waals surface area contributed by atoms with Crippen molar-refractivity contribution in [3.8, 4) is 0 Å². The molecule has 0 aliphatic rings. The third-order valence-corrected chi connectivity index (χ3v) is 0.204. The van der Waals surface area contributed by atoms with E-state index in [1.54, 1.807) is 6.08 Å². The van der Waals surface area contributed by atoms with Gasteiger partial charge in [-0.05, 0) is 0 Å². The minimum atomic E-state index is 0. The van der Waals surface area contributed by atoms with Crippen molar-refractivity contribution in [3.05, 3.63) is 19.6 Å². The zero-order valence-electron chi connectivity index (χ0n) is 3.81. The zero-order chi connectivity index (χ0) is 3.41. The molecular formula is C4H8BrZn-. The molecule has 0 spiro atoms. The molecule has 6 heavy (non-hydrogen) atoms. The zero-order valence-corrected chi connectivity index (χ0v) is 8.49. The van der Waals surface area contributed by atoms with Gasteiger partial charge in [0.1, 0.15) is 0 Å². The van der Waals surface area contributed by atoms with Gasteiger partial charge in [-0.15, -0.1) is 29.6 Å². The van der Waals surface area contributed by atoms with Crippen LogP contribution < -0.4 is 0 Å². The van der Waals surface area contributed by atoms with Gasteiger partial charge in [0.2, 0.25) is 0 Å². The molecule has 0 aromatic rings. The Balaban J connectivity index is -0.0000000450. The molecule has 0 atom stereocenters. The molecule has 0 aromatic carbocycles. The van der Waals surface area contributed by atoms with Crippen molar-refractivity contribution >= 4 is 17.0 Å². The van der Waals surface area contributed by atoms with Crippen molar-refractivity contribution < 1.29 is 19.5 Å². The van der Waals surface area contributed by atoms with E-state index < -0.39 is 0 Å². The largest absolute Gasteiger partial charge is 0.340 e. The van der Waals surface area contributed by atoms with Gasteiger partial charge >= 0.3 is 0 Å². The fraction of sp³-hybridized carbons (Fsp3) is 0.250. The quantitative estimate of drug-likeness (QED) is 0.346. The topological polar surface area (TPSA) is 0 Å². The summed E-state index contributed by atoms with van der Waals surface area (Å²) in [7, 11) is 0. The molecule has 0 radical (unpaired) electrons. The maximum atomic E-state index is 3.49. The van der Waals surface area contributed by atoms with Crippen LogP contribution in [0.3, 0.4) is 0 Å². The third-order valence-electron chi connectivity index (χ3n) is 0.204. The second-order valence-corrected chi connectivity index (χ2v) is 0.577. The Morgan fingerprint density at radius 1 is 1.67 bits per heavy atom. The van der Waals surface area contributed by atoms with Crippen LogP contribution in [-0.4, -0.2) is 0 Å². The SMILES string of the molecule is Br.C=CC[CH2-].[Zn]. The normalized spacial score (nSPS) is 4.17. The molecule has 0 bridgehead atoms. The first kappa shape index (κ1) is 15.8. The van der Waals surface area contributed by atoms with Gasteiger partial charge in [-0.3, -0.25) is 0 Å². The number of allylic oxidation sites excluding steroid dienone is 1. The van der Waals surface area contributed by atoms with Gasteiger partial charge in [0.25, 0.3) is 0 Å². The minimum absolute atomic E-state index is 0. The molecule has 0 N–H and O–H groups in total. The Kier molecular flexibility index (Phi) is 44.7. The molecule has 0 heterocycles. The summed E-state index contributed by atoms with van der Waals surface area (Å²) in [6, 6.07) is 0. The summed E-state index contributed by atoms with van der Waals surface area (Å²) >= 11 is 0. The third kappa shape index (κ3) is 21.1. The summed E-state index contributed by atoms with van der Waals surface area (Å²) in [5.74, 6) is 0. The maximum absolute atomic E-state index is 3.49. The smallest absolute Gasteiger partial charge is 0 e. The van der Waals surface area contributed by atoms with E-state index >= 15 is 0 Å². The number of rotatable bonds is 1. The minimum Gasteiger partial charge on any atom is -0.340 e. The molecule has 0 amide bonds. The van der Waals surface area contributed by atoms with Crippen molar-refractivity contribution in [1.29, 1.82) is 0 Å². The molecule has 34 valence electrons. The summed E-state index contributed by atoms with van der Waals surface area (Å²) in [6.45, 7) is 6.90. The van der Waals surface area contributed by atoms with Crippen LogP contribution >= 0.6 is 17.0 Å². The van der Waals surface area contributed by atoms with E-state index in [0.29, 0.717) is 0 Å². The van der Waals surface area contributed by atoms with Gasteiger partial charge in [-0.1, -0.05) is 0 Å². The van der Waals surface area contributed by atoms with Gasteiger partial charge < -0.3 is 6.92 Å². The molecule has 0 saturated heterocycles. The summed E-state index contributed by atoms with van der Waals surface area (Å²) in [6.07, 6.45) is 2.60. The van der Waals surface area contributed by atoms with Gasteiger partial charge in [0.15, 0.2) is 0 Å². The van der Waals surface area contributed by atoms with Crippen molar-refractivity contribution in [2.75, 3.05) is 0 Å². The summed E-state index contributed by atoms with van der Waals surface area (Å²) in [5.41, 5.74) is 0. The number of hydrogen-bond donors (Lipinski definition) is 0. The van der Waals surface area contributed by atoms with Gasteiger partial charge in [0.05, 0.1) is 0 Å². The standard InChI is InChI=1S/C4H7.BrH.Zn/c1-3-4-2;;/h3H,1-2,4H2;1H;/q-1;;. The number of halogens is 1. The molecule has 0 aliphatic carbocycles. The average Bonchev–Trinajstić information content (AvgIpc) is 1.37. The Bertz CT molecular complexity index is 21.5. The second-order valence-electron chi connectivity index (χ2n) is 0.577. The van der Waals surface area contributed by atoms with Crippen LogP contribution in [-0.2, 0) is 19.5 Å². The Morgan fingerprint density at radius 2 is 1.83 bits per heavy atom. The number of hydrogen-bond acceptors (Lipinski definition) is 0. The van der Waals surface area contributed by atoms with E-state index in [1.165, 1.54) is 0 Å². The summed E-state index contributed by atoms with van der Waals surface area (Å²) in [4.78, 5) is 0. The molecule has 0 unspecified atom stereocenters. The fourth-order valence-electron chi connectivity index (χ4n) is 0. The maximum Gasteiger partial charge on any atom is 0 e. The van der Waals surface area contributed by atoms with E-state index in [2.05, 4.69) is 13.5 Å². The Labute approximate surface area is 62.5 Å². The molecule has 0 nitrogen and oxygen atoms in total. The molecule has 2 heteroatoms. The van der Waals surface area contributed by atoms with Gasteiger partial charge in [-0.25, -0.2) is 0 Å². The van der Waals surface area contributed by atoms with Gasteiger partial charge in [0, 0.05) is 19.5 Å². The van der Waals surface area contributed by atoms with Crippen molar-refractivity contribution in [3.63, 3.8) is 0 Å². The van der Waals surface area contributed by atoms with Crippen molar-refractivity contribution in [2.45, 2.75) is 6.42 Å². The van der Waals surface area contributed by atoms with Crippen molar-refractivity contribution in [2.24, 2.45) is 0 Å². The molecule has 0 fully saturated rings.